The molecule has 5 nitrogen and oxygen atoms in total. The van der Waals surface area contributed by atoms with Crippen molar-refractivity contribution in [1.82, 2.24) is 0 Å². The molecule has 1 fully saturated rings. The van der Waals surface area contributed by atoms with Crippen molar-refractivity contribution in [2.24, 2.45) is 11.8 Å². The van der Waals surface area contributed by atoms with Gasteiger partial charge in [0, 0.05) is 18.8 Å². The van der Waals surface area contributed by atoms with E-state index in [0.717, 1.165) is 12.0 Å². The Kier molecular flexibility index (Phi) is 10.5. The number of hydrogen-bond acceptors (Lipinski definition) is 4. The number of carbonyl (C=O) groups is 1. The van der Waals surface area contributed by atoms with Crippen LogP contribution in [0.1, 0.15) is 58.8 Å². The van der Waals surface area contributed by atoms with E-state index in [1.165, 1.54) is 0 Å². The van der Waals surface area contributed by atoms with Gasteiger partial charge in [0.2, 0.25) is 0 Å². The van der Waals surface area contributed by atoms with E-state index in [4.69, 9.17) is 5.11 Å². The van der Waals surface area contributed by atoms with Crippen LogP contribution in [0.2, 0.25) is 0 Å². The number of carboxylic acid groups (broad SMARTS) is 1. The molecule has 5 atom stereocenters. The maximum atomic E-state index is 10.5. The minimum absolute atomic E-state index is 0.0543. The fourth-order valence-corrected chi connectivity index (χ4v) is 3.46. The molecular formula is C21H34O5. The smallest absolute Gasteiger partial charge is 0.303 e. The van der Waals surface area contributed by atoms with Gasteiger partial charge >= 0.3 is 5.97 Å². The molecule has 0 aromatic heterocycles. The lowest BCUT2D eigenvalue weighted by Crippen LogP contribution is -2.20. The molecule has 1 unspecified atom stereocenters. The molecule has 0 amide bonds. The van der Waals surface area contributed by atoms with Crippen LogP contribution in [0.3, 0.4) is 0 Å². The molecule has 0 radical (unpaired) electrons. The monoisotopic (exact) mass is 366 g/mol. The topological polar surface area (TPSA) is 98.0 Å². The summed E-state index contributed by atoms with van der Waals surface area (Å²) in [7, 11) is 0. The molecule has 0 aromatic carbocycles. The lowest BCUT2D eigenvalue weighted by Gasteiger charge is -2.19. The van der Waals surface area contributed by atoms with Gasteiger partial charge in [-0.05, 0) is 50.5 Å². The number of allylic oxidation sites excluding steroid dienone is 3. The van der Waals surface area contributed by atoms with Crippen molar-refractivity contribution in [3.63, 3.8) is 0 Å². The van der Waals surface area contributed by atoms with Crippen molar-refractivity contribution in [1.29, 1.82) is 0 Å². The molecule has 148 valence electrons. The van der Waals surface area contributed by atoms with Crippen LogP contribution in [0, 0.1) is 11.8 Å². The van der Waals surface area contributed by atoms with Gasteiger partial charge in [-0.25, -0.2) is 0 Å². The summed E-state index contributed by atoms with van der Waals surface area (Å²) in [5.74, 6) is -0.970. The maximum Gasteiger partial charge on any atom is 0.303 e. The molecule has 26 heavy (non-hydrogen) atoms. The molecule has 0 saturated heterocycles. The third-order valence-corrected chi connectivity index (χ3v) is 5.02. The van der Waals surface area contributed by atoms with Gasteiger partial charge in [-0.15, -0.1) is 0 Å². The minimum Gasteiger partial charge on any atom is -0.481 e. The van der Waals surface area contributed by atoms with Crippen molar-refractivity contribution in [3.05, 3.63) is 36.0 Å². The number of carboxylic acids is 1. The number of aliphatic hydroxyl groups is 3. The Bertz CT molecular complexity index is 509. The Balaban J connectivity index is 2.53. The Morgan fingerprint density at radius 3 is 2.58 bits per heavy atom. The summed E-state index contributed by atoms with van der Waals surface area (Å²) in [6, 6.07) is 0. The van der Waals surface area contributed by atoms with Crippen LogP contribution in [-0.2, 0) is 4.79 Å². The van der Waals surface area contributed by atoms with Crippen LogP contribution in [0.4, 0.5) is 0 Å². The van der Waals surface area contributed by atoms with Gasteiger partial charge in [-0.1, -0.05) is 37.3 Å². The molecule has 0 aliphatic heterocycles. The first kappa shape index (κ1) is 22.6. The van der Waals surface area contributed by atoms with E-state index in [1.54, 1.807) is 0 Å². The number of aliphatic carboxylic acids is 1. The van der Waals surface area contributed by atoms with Gasteiger partial charge < -0.3 is 20.4 Å². The quantitative estimate of drug-likeness (QED) is 0.332. The number of hydrogen-bond donors (Lipinski definition) is 4. The third kappa shape index (κ3) is 7.85. The first-order chi connectivity index (χ1) is 12.4. The Hall–Kier alpha value is -1.43. The summed E-state index contributed by atoms with van der Waals surface area (Å²) in [4.78, 5) is 10.5. The average Bonchev–Trinajstić information content (AvgIpc) is 2.84. The van der Waals surface area contributed by atoms with Crippen LogP contribution in [0.25, 0.3) is 0 Å². The molecule has 5 heteroatoms. The van der Waals surface area contributed by atoms with Gasteiger partial charge in [0.15, 0.2) is 0 Å². The summed E-state index contributed by atoms with van der Waals surface area (Å²) < 4.78 is 0. The van der Waals surface area contributed by atoms with Crippen LogP contribution < -0.4 is 0 Å². The Morgan fingerprint density at radius 1 is 1.19 bits per heavy atom. The van der Waals surface area contributed by atoms with Crippen molar-refractivity contribution in [2.45, 2.75) is 77.1 Å². The molecule has 1 aliphatic carbocycles. The SMILES string of the molecule is CC/C=C(\C)C(O)C/C=C/[C@@H]1[C@@H](C/C=C\CCCC(=O)O)[C@@H](O)C[C@H]1O. The van der Waals surface area contributed by atoms with E-state index in [0.29, 0.717) is 32.1 Å². The second-order valence-corrected chi connectivity index (χ2v) is 7.14. The normalized spacial score (nSPS) is 28.3. The van der Waals surface area contributed by atoms with Crippen molar-refractivity contribution < 1.29 is 25.2 Å². The second kappa shape index (κ2) is 12.0. The number of unbranched alkanes of at least 4 members (excludes halogenated alkanes) is 1. The van der Waals surface area contributed by atoms with E-state index >= 15 is 0 Å². The Labute approximate surface area is 156 Å². The fourth-order valence-electron chi connectivity index (χ4n) is 3.46. The second-order valence-electron chi connectivity index (χ2n) is 7.14. The van der Waals surface area contributed by atoms with Crippen LogP contribution in [0.5, 0.6) is 0 Å². The summed E-state index contributed by atoms with van der Waals surface area (Å²) in [6.07, 6.45) is 12.0. The molecule has 0 bridgehead atoms. The molecule has 1 saturated carbocycles. The fraction of sp³-hybridized carbons (Fsp3) is 0.667. The summed E-state index contributed by atoms with van der Waals surface area (Å²) in [5.41, 5.74) is 0.949. The van der Waals surface area contributed by atoms with E-state index in [1.807, 2.05) is 44.2 Å². The zero-order valence-electron chi connectivity index (χ0n) is 15.9. The van der Waals surface area contributed by atoms with Crippen LogP contribution in [-0.4, -0.2) is 44.7 Å². The number of aliphatic hydroxyl groups excluding tert-OH is 3. The predicted octanol–water partition coefficient (Wildman–Crippen LogP) is 3.21. The van der Waals surface area contributed by atoms with Gasteiger partial charge in [-0.2, -0.15) is 0 Å². The molecule has 0 aromatic rings. The van der Waals surface area contributed by atoms with E-state index in [9.17, 15) is 20.1 Å². The standard InChI is InChI=1S/C21H34O5/c1-3-9-15(2)18(22)12-8-11-17-16(19(23)14-20(17)24)10-6-4-5-7-13-21(25)26/h4,6,8-9,11,16-20,22-24H,3,5,7,10,12-14H2,1-2H3,(H,25,26)/b6-4-,11-8+,15-9+/t16-,17-,18?,19+,20-/m1/s1. The summed E-state index contributed by atoms with van der Waals surface area (Å²) in [6.45, 7) is 3.94. The zero-order valence-corrected chi connectivity index (χ0v) is 15.9. The zero-order chi connectivity index (χ0) is 19.5. The Morgan fingerprint density at radius 2 is 1.92 bits per heavy atom. The van der Waals surface area contributed by atoms with Gasteiger partial charge in [0.1, 0.15) is 0 Å². The predicted molar refractivity (Wildman–Crippen MR) is 103 cm³/mol. The molecular weight excluding hydrogens is 332 g/mol. The lowest BCUT2D eigenvalue weighted by molar-refractivity contribution is -0.137. The molecule has 1 rings (SSSR count). The van der Waals surface area contributed by atoms with Crippen molar-refractivity contribution in [2.75, 3.05) is 0 Å². The molecule has 0 spiro atoms. The van der Waals surface area contributed by atoms with E-state index < -0.39 is 24.3 Å². The van der Waals surface area contributed by atoms with Crippen LogP contribution in [0.15, 0.2) is 36.0 Å². The van der Waals surface area contributed by atoms with Gasteiger partial charge in [0.25, 0.3) is 0 Å². The van der Waals surface area contributed by atoms with Crippen molar-refractivity contribution >= 4 is 5.97 Å². The van der Waals surface area contributed by atoms with E-state index in [2.05, 4.69) is 0 Å². The first-order valence-electron chi connectivity index (χ1n) is 9.61. The molecule has 0 heterocycles. The summed E-state index contributed by atoms with van der Waals surface area (Å²) >= 11 is 0. The third-order valence-electron chi connectivity index (χ3n) is 5.02. The highest BCUT2D eigenvalue weighted by atomic mass is 16.4. The maximum absolute atomic E-state index is 10.5. The van der Waals surface area contributed by atoms with Crippen molar-refractivity contribution in [3.8, 4) is 0 Å². The highest BCUT2D eigenvalue weighted by Gasteiger charge is 2.39. The minimum atomic E-state index is -0.788. The molecule has 4 N–H and O–H groups in total. The largest absolute Gasteiger partial charge is 0.481 e. The number of rotatable bonds is 11. The van der Waals surface area contributed by atoms with Gasteiger partial charge in [-0.3, -0.25) is 4.79 Å². The highest BCUT2D eigenvalue weighted by Crippen LogP contribution is 2.36. The van der Waals surface area contributed by atoms with Crippen LogP contribution >= 0.6 is 0 Å². The van der Waals surface area contributed by atoms with E-state index in [-0.39, 0.29) is 18.3 Å². The lowest BCUT2D eigenvalue weighted by atomic mass is 9.89. The highest BCUT2D eigenvalue weighted by molar-refractivity contribution is 5.66. The molecule has 1 aliphatic rings. The first-order valence-corrected chi connectivity index (χ1v) is 9.61. The van der Waals surface area contributed by atoms with Gasteiger partial charge in [0.05, 0.1) is 18.3 Å². The summed E-state index contributed by atoms with van der Waals surface area (Å²) in [5, 5.41) is 39.1. The average molecular weight is 366 g/mol.